The molecule has 1 aromatic heterocycles. The summed E-state index contributed by atoms with van der Waals surface area (Å²) in [6.07, 6.45) is 1.07. The lowest BCUT2D eigenvalue weighted by Gasteiger charge is -2.19. The lowest BCUT2D eigenvalue weighted by Crippen LogP contribution is -2.15. The summed E-state index contributed by atoms with van der Waals surface area (Å²) in [6, 6.07) is 11.7. The molecule has 8 heteroatoms. The molecule has 7 nitrogen and oxygen atoms in total. The summed E-state index contributed by atoms with van der Waals surface area (Å²) in [5.74, 6) is 0.953. The molecule has 0 fully saturated rings. The fourth-order valence-corrected chi connectivity index (χ4v) is 2.49. The van der Waals surface area contributed by atoms with E-state index in [1.54, 1.807) is 36.4 Å². The van der Waals surface area contributed by atoms with Crippen LogP contribution >= 0.6 is 0 Å². The van der Waals surface area contributed by atoms with E-state index in [-0.39, 0.29) is 17.5 Å². The van der Waals surface area contributed by atoms with Crippen LogP contribution in [0.4, 0.5) is 27.5 Å². The van der Waals surface area contributed by atoms with Crippen LogP contribution in [0.1, 0.15) is 0 Å². The minimum Gasteiger partial charge on any atom is -0.508 e. The highest BCUT2D eigenvalue weighted by molar-refractivity contribution is 5.63. The molecule has 132 valence electrons. The number of halogens is 1. The van der Waals surface area contributed by atoms with E-state index >= 15 is 0 Å². The first-order valence-electron chi connectivity index (χ1n) is 7.93. The number of phenols is 1. The summed E-state index contributed by atoms with van der Waals surface area (Å²) >= 11 is 0. The van der Waals surface area contributed by atoms with Crippen LogP contribution in [-0.4, -0.2) is 28.3 Å². The fourth-order valence-electron chi connectivity index (χ4n) is 2.49. The van der Waals surface area contributed by atoms with Gasteiger partial charge in [0, 0.05) is 23.5 Å². The number of nitrogens with one attached hydrogen (secondary N) is 2. The number of hydrogen-bond donors (Lipinski definition) is 3. The topological polar surface area (TPSA) is 88.5 Å². The second-order valence-corrected chi connectivity index (χ2v) is 5.55. The van der Waals surface area contributed by atoms with Crippen LogP contribution in [0.15, 0.2) is 48.7 Å². The lowest BCUT2D eigenvalue weighted by atomic mass is 10.2. The van der Waals surface area contributed by atoms with E-state index in [2.05, 4.69) is 20.6 Å². The van der Waals surface area contributed by atoms with Gasteiger partial charge in [-0.1, -0.05) is 6.07 Å². The summed E-state index contributed by atoms with van der Waals surface area (Å²) in [5, 5.41) is 15.3. The van der Waals surface area contributed by atoms with Gasteiger partial charge in [-0.2, -0.15) is 4.98 Å². The molecule has 2 aromatic carbocycles. The molecule has 4 rings (SSSR count). The monoisotopic (exact) mass is 354 g/mol. The second kappa shape index (κ2) is 6.75. The van der Waals surface area contributed by atoms with Gasteiger partial charge in [-0.15, -0.1) is 0 Å². The first kappa shape index (κ1) is 15.9. The standard InChI is InChI=1S/C18H15FN4O3/c19-14-10-20-18(22-11-2-1-3-13(24)8-11)23-17(14)21-12-4-5-15-16(9-12)26-7-6-25-15/h1-5,8-10,24H,6-7H2,(H2,20,21,22,23). The van der Waals surface area contributed by atoms with E-state index in [0.717, 1.165) is 6.20 Å². The zero-order chi connectivity index (χ0) is 17.9. The number of hydrogen-bond acceptors (Lipinski definition) is 7. The maximum absolute atomic E-state index is 14.1. The van der Waals surface area contributed by atoms with Gasteiger partial charge in [-0.3, -0.25) is 0 Å². The molecule has 0 atom stereocenters. The Hall–Kier alpha value is -3.55. The van der Waals surface area contributed by atoms with Gasteiger partial charge in [-0.25, -0.2) is 9.37 Å². The number of aromatic hydroxyl groups is 1. The van der Waals surface area contributed by atoms with Crippen molar-refractivity contribution in [2.45, 2.75) is 0 Å². The molecule has 0 radical (unpaired) electrons. The normalized spacial score (nSPS) is 12.5. The van der Waals surface area contributed by atoms with Crippen LogP contribution in [0, 0.1) is 5.82 Å². The quantitative estimate of drug-likeness (QED) is 0.660. The number of rotatable bonds is 4. The number of fused-ring (bicyclic) bond motifs is 1. The lowest BCUT2D eigenvalue weighted by molar-refractivity contribution is 0.171. The molecule has 1 aliphatic rings. The molecule has 3 aromatic rings. The Balaban J connectivity index is 1.56. The number of anilines is 4. The van der Waals surface area contributed by atoms with Crippen LogP contribution in [0.2, 0.25) is 0 Å². The van der Waals surface area contributed by atoms with Gasteiger partial charge in [0.25, 0.3) is 0 Å². The highest BCUT2D eigenvalue weighted by atomic mass is 19.1. The molecule has 0 amide bonds. The van der Waals surface area contributed by atoms with Gasteiger partial charge in [0.2, 0.25) is 5.95 Å². The number of benzene rings is 2. The van der Waals surface area contributed by atoms with Crippen molar-refractivity contribution in [1.29, 1.82) is 0 Å². The molecular formula is C18H15FN4O3. The molecule has 0 bridgehead atoms. The molecule has 0 spiro atoms. The van der Waals surface area contributed by atoms with Crippen molar-refractivity contribution in [2.75, 3.05) is 23.8 Å². The zero-order valence-corrected chi connectivity index (χ0v) is 13.6. The van der Waals surface area contributed by atoms with E-state index in [1.807, 2.05) is 0 Å². The Morgan fingerprint density at radius 3 is 2.62 bits per heavy atom. The van der Waals surface area contributed by atoms with E-state index in [0.29, 0.717) is 36.1 Å². The van der Waals surface area contributed by atoms with Crippen molar-refractivity contribution in [3.05, 3.63) is 54.5 Å². The molecule has 2 heterocycles. The van der Waals surface area contributed by atoms with Crippen LogP contribution in [0.3, 0.4) is 0 Å². The number of phenolic OH excluding ortho intramolecular Hbond substituents is 1. The third-order valence-corrected chi connectivity index (χ3v) is 3.65. The van der Waals surface area contributed by atoms with Gasteiger partial charge >= 0.3 is 0 Å². The van der Waals surface area contributed by atoms with Crippen molar-refractivity contribution in [3.8, 4) is 17.2 Å². The molecule has 0 saturated heterocycles. The average Bonchev–Trinajstić information content (AvgIpc) is 2.64. The van der Waals surface area contributed by atoms with Crippen molar-refractivity contribution in [2.24, 2.45) is 0 Å². The van der Waals surface area contributed by atoms with Gasteiger partial charge in [0.15, 0.2) is 23.1 Å². The van der Waals surface area contributed by atoms with Crippen molar-refractivity contribution in [1.82, 2.24) is 9.97 Å². The van der Waals surface area contributed by atoms with E-state index in [1.165, 1.54) is 6.07 Å². The van der Waals surface area contributed by atoms with Crippen LogP contribution < -0.4 is 20.1 Å². The maximum Gasteiger partial charge on any atom is 0.229 e. The Kier molecular flexibility index (Phi) is 4.14. The zero-order valence-electron chi connectivity index (χ0n) is 13.6. The smallest absolute Gasteiger partial charge is 0.229 e. The fraction of sp³-hybridized carbons (Fsp3) is 0.111. The van der Waals surface area contributed by atoms with Crippen molar-refractivity contribution in [3.63, 3.8) is 0 Å². The highest BCUT2D eigenvalue weighted by Gasteiger charge is 2.13. The minimum atomic E-state index is -0.596. The third kappa shape index (κ3) is 3.44. The Morgan fingerprint density at radius 2 is 1.77 bits per heavy atom. The second-order valence-electron chi connectivity index (χ2n) is 5.55. The van der Waals surface area contributed by atoms with E-state index in [4.69, 9.17) is 9.47 Å². The molecule has 3 N–H and O–H groups in total. The van der Waals surface area contributed by atoms with Gasteiger partial charge < -0.3 is 25.2 Å². The third-order valence-electron chi connectivity index (χ3n) is 3.65. The SMILES string of the molecule is Oc1cccc(Nc2ncc(F)c(Nc3ccc4c(c3)OCCO4)n2)c1. The Morgan fingerprint density at radius 1 is 0.962 bits per heavy atom. The minimum absolute atomic E-state index is 0.0133. The largest absolute Gasteiger partial charge is 0.508 e. The van der Waals surface area contributed by atoms with Crippen LogP contribution in [-0.2, 0) is 0 Å². The summed E-state index contributed by atoms with van der Waals surface area (Å²) in [7, 11) is 0. The average molecular weight is 354 g/mol. The maximum atomic E-state index is 14.1. The van der Waals surface area contributed by atoms with Crippen LogP contribution in [0.25, 0.3) is 0 Å². The summed E-state index contributed by atoms with van der Waals surface area (Å²) in [6.45, 7) is 0.973. The van der Waals surface area contributed by atoms with Crippen molar-refractivity contribution >= 4 is 23.1 Å². The van der Waals surface area contributed by atoms with Gasteiger partial charge in [-0.05, 0) is 24.3 Å². The number of nitrogens with zero attached hydrogens (tertiary/aromatic N) is 2. The molecule has 1 aliphatic heterocycles. The first-order chi connectivity index (χ1) is 12.7. The molecule has 0 unspecified atom stereocenters. The number of ether oxygens (including phenoxy) is 2. The molecular weight excluding hydrogens is 339 g/mol. The van der Waals surface area contributed by atoms with Crippen molar-refractivity contribution < 1.29 is 19.0 Å². The van der Waals surface area contributed by atoms with E-state index < -0.39 is 5.82 Å². The van der Waals surface area contributed by atoms with Crippen LogP contribution in [0.5, 0.6) is 17.2 Å². The molecule has 26 heavy (non-hydrogen) atoms. The molecule has 0 saturated carbocycles. The predicted molar refractivity (Wildman–Crippen MR) is 94.1 cm³/mol. The summed E-state index contributed by atoms with van der Waals surface area (Å²) < 4.78 is 25.1. The summed E-state index contributed by atoms with van der Waals surface area (Å²) in [4.78, 5) is 8.05. The molecule has 0 aliphatic carbocycles. The predicted octanol–water partition coefficient (Wildman–Crippen LogP) is 3.58. The Labute approximate surface area is 148 Å². The highest BCUT2D eigenvalue weighted by Crippen LogP contribution is 2.33. The summed E-state index contributed by atoms with van der Waals surface area (Å²) in [5.41, 5.74) is 1.19. The first-order valence-corrected chi connectivity index (χ1v) is 7.93. The van der Waals surface area contributed by atoms with Gasteiger partial charge in [0.05, 0.1) is 6.20 Å². The number of aromatic nitrogens is 2. The Bertz CT molecular complexity index is 951. The van der Waals surface area contributed by atoms with Gasteiger partial charge in [0.1, 0.15) is 19.0 Å². The van der Waals surface area contributed by atoms with E-state index in [9.17, 15) is 9.50 Å².